The second-order valence-corrected chi connectivity index (χ2v) is 9.09. The van der Waals surface area contributed by atoms with Crippen molar-refractivity contribution in [3.8, 4) is 11.5 Å². The zero-order chi connectivity index (χ0) is 26.4. The second-order valence-electron chi connectivity index (χ2n) is 8.06. The van der Waals surface area contributed by atoms with Crippen molar-refractivity contribution in [3.63, 3.8) is 0 Å². The maximum Gasteiger partial charge on any atom is 0.344 e. The van der Waals surface area contributed by atoms with E-state index in [4.69, 9.17) is 14.2 Å². The summed E-state index contributed by atoms with van der Waals surface area (Å²) >= 11 is 1.04. The summed E-state index contributed by atoms with van der Waals surface area (Å²) in [7, 11) is 1.55. The Bertz CT molecular complexity index is 1430. The fourth-order valence-electron chi connectivity index (χ4n) is 3.80. The van der Waals surface area contributed by atoms with Crippen LogP contribution in [0.3, 0.4) is 0 Å². The highest BCUT2D eigenvalue weighted by atomic mass is 32.2. The van der Waals surface area contributed by atoms with Gasteiger partial charge in [0.2, 0.25) is 5.91 Å². The molecule has 37 heavy (non-hydrogen) atoms. The molecular formula is C29H27NO6S. The standard InChI is InChI=1S/C29H27NO6S/c1-4-25(31)30-28-26(29(33)35-5-2)27(32)24(37-28)16-18-13-14-22(23(15-18)34-3)36-17-20-11-8-10-19-9-6-7-12-21(19)20/h6-16,32H,4-5,17H2,1-3H3/b24-16-,30-28?. The molecule has 0 radical (unpaired) electrons. The maximum atomic E-state index is 12.4. The number of ether oxygens (including phenoxy) is 3. The van der Waals surface area contributed by atoms with E-state index in [2.05, 4.69) is 23.2 Å². The van der Waals surface area contributed by atoms with Gasteiger partial charge in [-0.15, -0.1) is 0 Å². The highest BCUT2D eigenvalue weighted by Crippen LogP contribution is 2.40. The highest BCUT2D eigenvalue weighted by Gasteiger charge is 2.33. The number of thioether (sulfide) groups is 1. The van der Waals surface area contributed by atoms with Crippen molar-refractivity contribution in [2.45, 2.75) is 26.9 Å². The Morgan fingerprint density at radius 3 is 2.57 bits per heavy atom. The lowest BCUT2D eigenvalue weighted by atomic mass is 10.1. The second kappa shape index (κ2) is 11.8. The molecule has 0 bridgehead atoms. The Labute approximate surface area is 219 Å². The van der Waals surface area contributed by atoms with Gasteiger partial charge in [-0.05, 0) is 47.0 Å². The fraction of sp³-hybridized carbons (Fsp3) is 0.207. The molecule has 0 aliphatic carbocycles. The van der Waals surface area contributed by atoms with Crippen LogP contribution in [0, 0.1) is 0 Å². The van der Waals surface area contributed by atoms with Crippen LogP contribution in [0.25, 0.3) is 16.8 Å². The van der Waals surface area contributed by atoms with Gasteiger partial charge in [0.15, 0.2) is 11.5 Å². The molecule has 3 aromatic rings. The summed E-state index contributed by atoms with van der Waals surface area (Å²) in [6.07, 6.45) is 1.87. The molecule has 0 saturated carbocycles. The normalized spacial score (nSPS) is 15.4. The molecule has 1 N–H and O–H groups in total. The molecule has 0 fully saturated rings. The maximum absolute atomic E-state index is 12.4. The number of carbonyl (C=O) groups excluding carboxylic acids is 2. The first-order chi connectivity index (χ1) is 17.9. The van der Waals surface area contributed by atoms with Gasteiger partial charge in [-0.2, -0.15) is 0 Å². The van der Waals surface area contributed by atoms with E-state index in [1.165, 1.54) is 0 Å². The number of aliphatic hydroxyl groups excluding tert-OH is 1. The van der Waals surface area contributed by atoms with E-state index < -0.39 is 11.9 Å². The van der Waals surface area contributed by atoms with Gasteiger partial charge >= 0.3 is 5.97 Å². The first kappa shape index (κ1) is 26.0. The first-order valence-electron chi connectivity index (χ1n) is 11.8. The van der Waals surface area contributed by atoms with Crippen molar-refractivity contribution in [1.29, 1.82) is 0 Å². The number of hydrogen-bond acceptors (Lipinski definition) is 7. The zero-order valence-corrected chi connectivity index (χ0v) is 21.6. The van der Waals surface area contributed by atoms with Crippen LogP contribution in [0.5, 0.6) is 11.5 Å². The Hall–Kier alpha value is -4.04. The molecule has 3 aromatic carbocycles. The van der Waals surface area contributed by atoms with Crippen LogP contribution in [0.4, 0.5) is 0 Å². The summed E-state index contributed by atoms with van der Waals surface area (Å²) in [5.41, 5.74) is 1.65. The third kappa shape index (κ3) is 5.86. The number of benzene rings is 3. The number of carbonyl (C=O) groups is 2. The predicted molar refractivity (Wildman–Crippen MR) is 146 cm³/mol. The van der Waals surface area contributed by atoms with Crippen molar-refractivity contribution < 1.29 is 28.9 Å². The third-order valence-electron chi connectivity index (χ3n) is 5.65. The molecule has 0 aromatic heterocycles. The smallest absolute Gasteiger partial charge is 0.344 e. The van der Waals surface area contributed by atoms with Crippen LogP contribution < -0.4 is 9.47 Å². The van der Waals surface area contributed by atoms with E-state index in [9.17, 15) is 14.7 Å². The lowest BCUT2D eigenvalue weighted by molar-refractivity contribution is -0.138. The van der Waals surface area contributed by atoms with Gasteiger partial charge in [0.1, 0.15) is 23.0 Å². The number of methoxy groups -OCH3 is 1. The van der Waals surface area contributed by atoms with Gasteiger partial charge in [-0.3, -0.25) is 4.79 Å². The monoisotopic (exact) mass is 517 g/mol. The first-order valence-corrected chi connectivity index (χ1v) is 12.7. The van der Waals surface area contributed by atoms with E-state index in [1.54, 1.807) is 39.2 Å². The van der Waals surface area contributed by atoms with Crippen molar-refractivity contribution >= 4 is 45.5 Å². The van der Waals surface area contributed by atoms with Crippen LogP contribution in [0.2, 0.25) is 0 Å². The van der Waals surface area contributed by atoms with Crippen molar-refractivity contribution in [3.05, 3.63) is 88.0 Å². The summed E-state index contributed by atoms with van der Waals surface area (Å²) in [4.78, 5) is 28.7. The number of hydrogen-bond donors (Lipinski definition) is 1. The fourth-order valence-corrected chi connectivity index (χ4v) is 4.83. The minimum absolute atomic E-state index is 0.109. The summed E-state index contributed by atoms with van der Waals surface area (Å²) in [6, 6.07) is 19.6. The topological polar surface area (TPSA) is 94.4 Å². The summed E-state index contributed by atoms with van der Waals surface area (Å²) in [6.45, 7) is 3.84. The molecule has 0 saturated heterocycles. The molecule has 1 heterocycles. The number of fused-ring (bicyclic) bond motifs is 1. The quantitative estimate of drug-likeness (QED) is 0.354. The van der Waals surface area contributed by atoms with Crippen LogP contribution in [0.15, 0.2) is 81.9 Å². The molecule has 1 amide bonds. The van der Waals surface area contributed by atoms with E-state index in [1.807, 2.05) is 30.3 Å². The number of esters is 1. The minimum Gasteiger partial charge on any atom is -0.506 e. The van der Waals surface area contributed by atoms with Crippen LogP contribution in [0.1, 0.15) is 31.4 Å². The van der Waals surface area contributed by atoms with E-state index in [0.29, 0.717) is 28.6 Å². The minimum atomic E-state index is -0.728. The Kier molecular flexibility index (Phi) is 8.30. The predicted octanol–water partition coefficient (Wildman–Crippen LogP) is 6.23. The van der Waals surface area contributed by atoms with Gasteiger partial charge in [0.25, 0.3) is 0 Å². The van der Waals surface area contributed by atoms with Gasteiger partial charge in [0.05, 0.1) is 18.6 Å². The zero-order valence-electron chi connectivity index (χ0n) is 20.8. The molecule has 0 spiro atoms. The van der Waals surface area contributed by atoms with E-state index in [0.717, 1.165) is 28.1 Å². The van der Waals surface area contributed by atoms with Crippen molar-refractivity contribution in [2.75, 3.05) is 13.7 Å². The molecule has 4 rings (SSSR count). The lowest BCUT2D eigenvalue weighted by Gasteiger charge is -2.13. The molecule has 190 valence electrons. The average molecular weight is 518 g/mol. The summed E-state index contributed by atoms with van der Waals surface area (Å²) in [5.74, 6) is -0.316. The van der Waals surface area contributed by atoms with E-state index in [-0.39, 0.29) is 29.4 Å². The van der Waals surface area contributed by atoms with Gasteiger partial charge in [0, 0.05) is 6.42 Å². The van der Waals surface area contributed by atoms with Crippen molar-refractivity contribution in [1.82, 2.24) is 0 Å². The SMILES string of the molecule is CCOC(=O)C1=C(O)/C(=C/c2ccc(OCc3cccc4ccccc34)c(OC)c2)SC1=NC(=O)CC. The van der Waals surface area contributed by atoms with Crippen molar-refractivity contribution in [2.24, 2.45) is 4.99 Å². The summed E-state index contributed by atoms with van der Waals surface area (Å²) in [5, 5.41) is 13.2. The van der Waals surface area contributed by atoms with Gasteiger partial charge in [-0.25, -0.2) is 9.79 Å². The Morgan fingerprint density at radius 2 is 1.81 bits per heavy atom. The molecular weight excluding hydrogens is 490 g/mol. The molecule has 0 atom stereocenters. The number of rotatable bonds is 8. The molecule has 1 aliphatic rings. The third-order valence-corrected chi connectivity index (χ3v) is 6.67. The van der Waals surface area contributed by atoms with Gasteiger partial charge in [-0.1, -0.05) is 67.2 Å². The lowest BCUT2D eigenvalue weighted by Crippen LogP contribution is -2.14. The molecule has 1 aliphatic heterocycles. The molecule has 8 heteroatoms. The molecule has 7 nitrogen and oxygen atoms in total. The summed E-state index contributed by atoms with van der Waals surface area (Å²) < 4.78 is 16.7. The number of amides is 1. The highest BCUT2D eigenvalue weighted by molar-refractivity contribution is 8.18. The van der Waals surface area contributed by atoms with Crippen LogP contribution in [-0.2, 0) is 20.9 Å². The number of aliphatic hydroxyl groups is 1. The van der Waals surface area contributed by atoms with Gasteiger partial charge < -0.3 is 19.3 Å². The number of nitrogens with zero attached hydrogens (tertiary/aromatic N) is 1. The van der Waals surface area contributed by atoms with Crippen LogP contribution >= 0.6 is 11.8 Å². The Balaban J connectivity index is 1.60. The average Bonchev–Trinajstić information content (AvgIpc) is 3.21. The Morgan fingerprint density at radius 1 is 1.03 bits per heavy atom. The van der Waals surface area contributed by atoms with E-state index >= 15 is 0 Å². The van der Waals surface area contributed by atoms with Crippen LogP contribution in [-0.4, -0.2) is 35.7 Å². The largest absolute Gasteiger partial charge is 0.506 e. The molecule has 0 unspecified atom stereocenters. The number of aliphatic imine (C=N–C) groups is 1.